The molecule has 1 fully saturated rings. The summed E-state index contributed by atoms with van der Waals surface area (Å²) in [5.41, 5.74) is 7.01. The van der Waals surface area contributed by atoms with E-state index in [9.17, 15) is 14.0 Å². The number of primary amides is 1. The summed E-state index contributed by atoms with van der Waals surface area (Å²) >= 11 is 0. The SMILES string of the molecule is NC(=O)CCN(Cc1ccccc1)C(=O)NC(c1ccc(F)cc1)C1CCCO1. The maximum Gasteiger partial charge on any atom is 0.318 e. The van der Waals surface area contributed by atoms with Crippen LogP contribution in [0, 0.1) is 5.82 Å². The zero-order chi connectivity index (χ0) is 20.6. The van der Waals surface area contributed by atoms with Crippen molar-refractivity contribution in [2.75, 3.05) is 13.2 Å². The van der Waals surface area contributed by atoms with Crippen LogP contribution in [0.15, 0.2) is 54.6 Å². The van der Waals surface area contributed by atoms with Crippen LogP contribution >= 0.6 is 0 Å². The minimum Gasteiger partial charge on any atom is -0.376 e. The van der Waals surface area contributed by atoms with Gasteiger partial charge in [-0.15, -0.1) is 0 Å². The molecule has 1 saturated heterocycles. The fourth-order valence-electron chi connectivity index (χ4n) is 3.45. The Morgan fingerprint density at radius 2 is 1.90 bits per heavy atom. The molecule has 3 amide bonds. The van der Waals surface area contributed by atoms with E-state index in [2.05, 4.69) is 5.32 Å². The van der Waals surface area contributed by atoms with Crippen LogP contribution < -0.4 is 11.1 Å². The van der Waals surface area contributed by atoms with Gasteiger partial charge in [0, 0.05) is 26.1 Å². The van der Waals surface area contributed by atoms with Crippen molar-refractivity contribution in [1.82, 2.24) is 10.2 Å². The number of carbonyl (C=O) groups excluding carboxylic acids is 2. The van der Waals surface area contributed by atoms with E-state index in [0.29, 0.717) is 13.2 Å². The molecule has 2 atom stereocenters. The van der Waals surface area contributed by atoms with Crippen molar-refractivity contribution in [2.45, 2.75) is 38.0 Å². The van der Waals surface area contributed by atoms with Gasteiger partial charge in [-0.25, -0.2) is 9.18 Å². The molecule has 154 valence electrons. The molecule has 1 heterocycles. The largest absolute Gasteiger partial charge is 0.376 e. The molecule has 1 aliphatic rings. The zero-order valence-electron chi connectivity index (χ0n) is 16.2. The molecule has 6 nitrogen and oxygen atoms in total. The maximum atomic E-state index is 13.4. The number of nitrogens with one attached hydrogen (secondary N) is 1. The number of ether oxygens (including phenoxy) is 1. The van der Waals surface area contributed by atoms with Crippen molar-refractivity contribution in [3.63, 3.8) is 0 Å². The van der Waals surface area contributed by atoms with E-state index in [4.69, 9.17) is 10.5 Å². The van der Waals surface area contributed by atoms with Crippen LogP contribution in [0.25, 0.3) is 0 Å². The highest BCUT2D eigenvalue weighted by Gasteiger charge is 2.30. The average molecular weight is 399 g/mol. The van der Waals surface area contributed by atoms with Crippen molar-refractivity contribution in [1.29, 1.82) is 0 Å². The van der Waals surface area contributed by atoms with Crippen molar-refractivity contribution >= 4 is 11.9 Å². The topological polar surface area (TPSA) is 84.7 Å². The number of amides is 3. The van der Waals surface area contributed by atoms with Gasteiger partial charge in [0.1, 0.15) is 5.82 Å². The fourth-order valence-corrected chi connectivity index (χ4v) is 3.45. The Labute approximate surface area is 169 Å². The number of carbonyl (C=O) groups is 2. The van der Waals surface area contributed by atoms with E-state index >= 15 is 0 Å². The van der Waals surface area contributed by atoms with Gasteiger partial charge in [0.25, 0.3) is 0 Å². The maximum absolute atomic E-state index is 13.4. The number of benzene rings is 2. The molecule has 7 heteroatoms. The molecular formula is C22H26FN3O3. The number of rotatable bonds is 8. The first-order valence-electron chi connectivity index (χ1n) is 9.77. The molecule has 0 bridgehead atoms. The molecule has 2 aromatic rings. The normalized spacial score (nSPS) is 16.9. The number of halogens is 1. The first-order valence-corrected chi connectivity index (χ1v) is 9.77. The van der Waals surface area contributed by atoms with E-state index < -0.39 is 11.9 Å². The Morgan fingerprint density at radius 3 is 2.52 bits per heavy atom. The van der Waals surface area contributed by atoms with Gasteiger partial charge in [-0.1, -0.05) is 42.5 Å². The highest BCUT2D eigenvalue weighted by molar-refractivity contribution is 5.77. The van der Waals surface area contributed by atoms with Gasteiger partial charge in [-0.05, 0) is 36.1 Å². The van der Waals surface area contributed by atoms with Crippen molar-refractivity contribution in [2.24, 2.45) is 5.73 Å². The number of urea groups is 1. The summed E-state index contributed by atoms with van der Waals surface area (Å²) in [7, 11) is 0. The Balaban J connectivity index is 1.77. The quantitative estimate of drug-likeness (QED) is 0.715. The van der Waals surface area contributed by atoms with Crippen LogP contribution in [-0.2, 0) is 16.1 Å². The van der Waals surface area contributed by atoms with Crippen LogP contribution in [0.5, 0.6) is 0 Å². The lowest BCUT2D eigenvalue weighted by atomic mass is 9.99. The molecule has 2 unspecified atom stereocenters. The van der Waals surface area contributed by atoms with E-state index in [0.717, 1.165) is 24.0 Å². The summed E-state index contributed by atoms with van der Waals surface area (Å²) in [6, 6.07) is 14.9. The Kier molecular flexibility index (Phi) is 7.19. The van der Waals surface area contributed by atoms with E-state index in [1.165, 1.54) is 12.1 Å². The fraction of sp³-hybridized carbons (Fsp3) is 0.364. The minimum absolute atomic E-state index is 0.0708. The van der Waals surface area contributed by atoms with Crippen molar-refractivity contribution in [3.05, 3.63) is 71.5 Å². The summed E-state index contributed by atoms with van der Waals surface area (Å²) in [4.78, 5) is 25.9. The second kappa shape index (κ2) is 10.0. The van der Waals surface area contributed by atoms with Gasteiger partial charge in [-0.3, -0.25) is 4.79 Å². The molecule has 0 saturated carbocycles. The molecule has 0 aromatic heterocycles. The minimum atomic E-state index is -0.468. The predicted octanol–water partition coefficient (Wildman–Crippen LogP) is 3.13. The van der Waals surface area contributed by atoms with Crippen LogP contribution in [0.2, 0.25) is 0 Å². The standard InChI is InChI=1S/C22H26FN3O3/c23-18-10-8-17(9-11-18)21(19-7-4-14-29-19)25-22(28)26(13-12-20(24)27)15-16-5-2-1-3-6-16/h1-3,5-6,8-11,19,21H,4,7,12-15H2,(H2,24,27)(H,25,28). The number of nitrogens with zero attached hydrogens (tertiary/aromatic N) is 1. The van der Waals surface area contributed by atoms with E-state index in [1.807, 2.05) is 30.3 Å². The molecule has 29 heavy (non-hydrogen) atoms. The first kappa shape index (κ1) is 20.8. The summed E-state index contributed by atoms with van der Waals surface area (Å²) in [5, 5.41) is 3.03. The highest BCUT2D eigenvalue weighted by Crippen LogP contribution is 2.27. The third kappa shape index (κ3) is 6.02. The molecule has 0 aliphatic carbocycles. The second-order valence-corrected chi connectivity index (χ2v) is 7.15. The number of nitrogens with two attached hydrogens (primary N) is 1. The average Bonchev–Trinajstić information content (AvgIpc) is 3.25. The van der Waals surface area contributed by atoms with Crippen LogP contribution in [0.3, 0.4) is 0 Å². The van der Waals surface area contributed by atoms with Gasteiger partial charge < -0.3 is 20.7 Å². The zero-order valence-corrected chi connectivity index (χ0v) is 16.2. The molecular weight excluding hydrogens is 373 g/mol. The molecule has 3 rings (SSSR count). The molecule has 2 aromatic carbocycles. The van der Waals surface area contributed by atoms with Gasteiger partial charge in [-0.2, -0.15) is 0 Å². The lowest BCUT2D eigenvalue weighted by molar-refractivity contribution is -0.118. The molecule has 3 N–H and O–H groups in total. The van der Waals surface area contributed by atoms with Crippen LogP contribution in [0.1, 0.15) is 36.4 Å². The monoisotopic (exact) mass is 399 g/mol. The van der Waals surface area contributed by atoms with Crippen molar-refractivity contribution < 1.29 is 18.7 Å². The smallest absolute Gasteiger partial charge is 0.318 e. The third-order valence-corrected chi connectivity index (χ3v) is 4.98. The summed E-state index contributed by atoms with van der Waals surface area (Å²) in [5.74, 6) is -0.802. The lowest BCUT2D eigenvalue weighted by Crippen LogP contribution is -2.45. The molecule has 0 radical (unpaired) electrons. The van der Waals surface area contributed by atoms with Crippen LogP contribution in [0.4, 0.5) is 9.18 Å². The van der Waals surface area contributed by atoms with E-state index in [-0.39, 0.29) is 30.9 Å². The molecule has 0 spiro atoms. The third-order valence-electron chi connectivity index (χ3n) is 4.98. The first-order chi connectivity index (χ1) is 14.0. The summed E-state index contributed by atoms with van der Waals surface area (Å²) in [6.07, 6.45) is 1.61. The van der Waals surface area contributed by atoms with Gasteiger partial charge in [0.05, 0.1) is 12.1 Å². The Morgan fingerprint density at radius 1 is 1.17 bits per heavy atom. The molecule has 1 aliphatic heterocycles. The Hall–Kier alpha value is -2.93. The number of hydrogen-bond donors (Lipinski definition) is 2. The highest BCUT2D eigenvalue weighted by atomic mass is 19.1. The summed E-state index contributed by atoms with van der Waals surface area (Å²) in [6.45, 7) is 1.19. The van der Waals surface area contributed by atoms with Gasteiger partial charge >= 0.3 is 6.03 Å². The van der Waals surface area contributed by atoms with E-state index in [1.54, 1.807) is 17.0 Å². The van der Waals surface area contributed by atoms with Crippen LogP contribution in [-0.4, -0.2) is 36.1 Å². The second-order valence-electron chi connectivity index (χ2n) is 7.15. The summed E-state index contributed by atoms with van der Waals surface area (Å²) < 4.78 is 19.2. The van der Waals surface area contributed by atoms with Crippen molar-refractivity contribution in [3.8, 4) is 0 Å². The Bertz CT molecular complexity index is 808. The lowest BCUT2D eigenvalue weighted by Gasteiger charge is -2.29. The van der Waals surface area contributed by atoms with Gasteiger partial charge in [0.2, 0.25) is 5.91 Å². The van der Waals surface area contributed by atoms with Gasteiger partial charge in [0.15, 0.2) is 0 Å². The predicted molar refractivity (Wildman–Crippen MR) is 107 cm³/mol. The number of hydrogen-bond acceptors (Lipinski definition) is 3.